The summed E-state index contributed by atoms with van der Waals surface area (Å²) in [6, 6.07) is 7.88. The molecule has 0 aliphatic carbocycles. The van der Waals surface area contributed by atoms with Crippen molar-refractivity contribution in [3.63, 3.8) is 0 Å². The number of halogens is 1. The van der Waals surface area contributed by atoms with Crippen LogP contribution in [-0.2, 0) is 11.3 Å². The number of carbonyl (C=O) groups is 1. The molecule has 0 spiro atoms. The SMILES string of the molecule is COC(=O)c1cccc(Cn2cc(Cl)cc(O)c2=O)c1. The van der Waals surface area contributed by atoms with Crippen LogP contribution in [0, 0.1) is 0 Å². The maximum absolute atomic E-state index is 11.8. The molecular formula is C14H12ClNO4. The number of nitrogens with zero attached hydrogens (tertiary/aromatic N) is 1. The number of hydrogen-bond acceptors (Lipinski definition) is 4. The van der Waals surface area contributed by atoms with Crippen LogP contribution in [-0.4, -0.2) is 22.8 Å². The van der Waals surface area contributed by atoms with E-state index in [0.29, 0.717) is 5.56 Å². The molecule has 0 aliphatic heterocycles. The molecule has 20 heavy (non-hydrogen) atoms. The number of esters is 1. The van der Waals surface area contributed by atoms with Gasteiger partial charge < -0.3 is 14.4 Å². The van der Waals surface area contributed by atoms with Crippen LogP contribution >= 0.6 is 11.6 Å². The second-order valence-corrected chi connectivity index (χ2v) is 4.61. The Labute approximate surface area is 120 Å². The molecule has 1 aromatic heterocycles. The van der Waals surface area contributed by atoms with E-state index in [4.69, 9.17) is 11.6 Å². The summed E-state index contributed by atoms with van der Waals surface area (Å²) in [6.07, 6.45) is 1.43. The Kier molecular flexibility index (Phi) is 4.10. The number of benzene rings is 1. The van der Waals surface area contributed by atoms with Gasteiger partial charge in [-0.25, -0.2) is 4.79 Å². The molecule has 2 rings (SSSR count). The number of aromatic hydroxyl groups is 1. The van der Waals surface area contributed by atoms with Crippen LogP contribution in [0.5, 0.6) is 5.75 Å². The van der Waals surface area contributed by atoms with E-state index in [2.05, 4.69) is 4.74 Å². The lowest BCUT2D eigenvalue weighted by Gasteiger charge is -2.08. The monoisotopic (exact) mass is 293 g/mol. The van der Waals surface area contributed by atoms with Gasteiger partial charge in [-0.3, -0.25) is 4.79 Å². The third-order valence-corrected chi connectivity index (χ3v) is 2.94. The van der Waals surface area contributed by atoms with Crippen LogP contribution in [0.3, 0.4) is 0 Å². The number of pyridine rings is 1. The van der Waals surface area contributed by atoms with E-state index in [0.717, 1.165) is 5.56 Å². The van der Waals surface area contributed by atoms with E-state index in [-0.39, 0.29) is 11.6 Å². The number of carbonyl (C=O) groups excluding carboxylic acids is 1. The first-order valence-electron chi connectivity index (χ1n) is 5.77. The Morgan fingerprint density at radius 3 is 2.85 bits per heavy atom. The van der Waals surface area contributed by atoms with Crippen molar-refractivity contribution in [2.45, 2.75) is 6.54 Å². The van der Waals surface area contributed by atoms with Crippen molar-refractivity contribution in [2.24, 2.45) is 0 Å². The van der Waals surface area contributed by atoms with Crippen molar-refractivity contribution in [1.29, 1.82) is 0 Å². The van der Waals surface area contributed by atoms with E-state index < -0.39 is 17.3 Å². The Hall–Kier alpha value is -2.27. The molecule has 6 heteroatoms. The topological polar surface area (TPSA) is 68.5 Å². The number of rotatable bonds is 3. The minimum atomic E-state index is -0.544. The van der Waals surface area contributed by atoms with Gasteiger partial charge in [-0.15, -0.1) is 0 Å². The van der Waals surface area contributed by atoms with Crippen molar-refractivity contribution in [3.05, 3.63) is 63.0 Å². The van der Waals surface area contributed by atoms with Gasteiger partial charge in [0.2, 0.25) is 0 Å². The Balaban J connectivity index is 2.36. The fourth-order valence-electron chi connectivity index (χ4n) is 1.81. The van der Waals surface area contributed by atoms with Gasteiger partial charge in [0.05, 0.1) is 24.2 Å². The predicted octanol–water partition coefficient (Wildman–Crippen LogP) is 2.04. The smallest absolute Gasteiger partial charge is 0.337 e. The minimum Gasteiger partial charge on any atom is -0.503 e. The fraction of sp³-hybridized carbons (Fsp3) is 0.143. The van der Waals surface area contributed by atoms with Gasteiger partial charge in [-0.1, -0.05) is 23.7 Å². The second-order valence-electron chi connectivity index (χ2n) is 4.17. The summed E-state index contributed by atoms with van der Waals surface area (Å²) >= 11 is 5.80. The van der Waals surface area contributed by atoms with Crippen LogP contribution in [0.4, 0.5) is 0 Å². The van der Waals surface area contributed by atoms with E-state index in [1.165, 1.54) is 23.9 Å². The van der Waals surface area contributed by atoms with Crippen LogP contribution in [0.2, 0.25) is 5.02 Å². The zero-order chi connectivity index (χ0) is 14.7. The molecule has 0 unspecified atom stereocenters. The van der Waals surface area contributed by atoms with Gasteiger partial charge in [0.15, 0.2) is 5.75 Å². The van der Waals surface area contributed by atoms with Gasteiger partial charge in [-0.05, 0) is 17.7 Å². The molecule has 1 N–H and O–H groups in total. The number of methoxy groups -OCH3 is 1. The summed E-state index contributed by atoms with van der Waals surface area (Å²) in [5.41, 5.74) is 0.568. The van der Waals surface area contributed by atoms with E-state index >= 15 is 0 Å². The molecule has 0 radical (unpaired) electrons. The maximum atomic E-state index is 11.8. The molecule has 0 amide bonds. The van der Waals surface area contributed by atoms with Gasteiger partial charge in [0, 0.05) is 12.3 Å². The zero-order valence-corrected chi connectivity index (χ0v) is 11.4. The first kappa shape index (κ1) is 14.1. The highest BCUT2D eigenvalue weighted by Gasteiger charge is 2.08. The molecule has 0 saturated carbocycles. The van der Waals surface area contributed by atoms with Crippen LogP contribution in [0.15, 0.2) is 41.3 Å². The summed E-state index contributed by atoms with van der Waals surface area (Å²) in [6.45, 7) is 0.192. The summed E-state index contributed by atoms with van der Waals surface area (Å²) in [7, 11) is 1.30. The largest absolute Gasteiger partial charge is 0.503 e. The third-order valence-electron chi connectivity index (χ3n) is 2.73. The normalized spacial score (nSPS) is 10.3. The van der Waals surface area contributed by atoms with Gasteiger partial charge >= 0.3 is 5.97 Å². The maximum Gasteiger partial charge on any atom is 0.337 e. The minimum absolute atomic E-state index is 0.192. The molecule has 2 aromatic rings. The molecule has 0 saturated heterocycles. The lowest BCUT2D eigenvalue weighted by Crippen LogP contribution is -2.19. The molecular weight excluding hydrogens is 282 g/mol. The first-order chi connectivity index (χ1) is 9.51. The molecule has 1 heterocycles. The Bertz CT molecular complexity index is 709. The molecule has 0 bridgehead atoms. The van der Waals surface area contributed by atoms with Gasteiger partial charge in [-0.2, -0.15) is 0 Å². The molecule has 0 fully saturated rings. The van der Waals surface area contributed by atoms with Gasteiger partial charge in [0.1, 0.15) is 0 Å². The van der Waals surface area contributed by atoms with Crippen LogP contribution in [0.25, 0.3) is 0 Å². The van der Waals surface area contributed by atoms with Crippen molar-refractivity contribution in [1.82, 2.24) is 4.57 Å². The average Bonchev–Trinajstić information content (AvgIpc) is 2.43. The number of aromatic nitrogens is 1. The predicted molar refractivity (Wildman–Crippen MR) is 74.3 cm³/mol. The molecule has 0 aliphatic rings. The van der Waals surface area contributed by atoms with Crippen LogP contribution < -0.4 is 5.56 Å². The zero-order valence-electron chi connectivity index (χ0n) is 10.7. The highest BCUT2D eigenvalue weighted by Crippen LogP contribution is 2.13. The van der Waals surface area contributed by atoms with Gasteiger partial charge in [0.25, 0.3) is 5.56 Å². The number of ether oxygens (including phenoxy) is 1. The highest BCUT2D eigenvalue weighted by molar-refractivity contribution is 6.30. The van der Waals surface area contributed by atoms with Crippen molar-refractivity contribution >= 4 is 17.6 Å². The fourth-order valence-corrected chi connectivity index (χ4v) is 2.03. The van der Waals surface area contributed by atoms with E-state index in [1.807, 2.05) is 0 Å². The van der Waals surface area contributed by atoms with Crippen molar-refractivity contribution < 1.29 is 14.6 Å². The quantitative estimate of drug-likeness (QED) is 0.879. The van der Waals surface area contributed by atoms with Crippen LogP contribution in [0.1, 0.15) is 15.9 Å². The summed E-state index contributed by atoms with van der Waals surface area (Å²) < 4.78 is 5.91. The summed E-state index contributed by atoms with van der Waals surface area (Å²) in [4.78, 5) is 23.2. The average molecular weight is 294 g/mol. The lowest BCUT2D eigenvalue weighted by molar-refractivity contribution is 0.0600. The number of hydrogen-bond donors (Lipinski definition) is 1. The third kappa shape index (κ3) is 3.00. The van der Waals surface area contributed by atoms with Crippen molar-refractivity contribution in [2.75, 3.05) is 7.11 Å². The molecule has 1 aromatic carbocycles. The van der Waals surface area contributed by atoms with Crippen molar-refractivity contribution in [3.8, 4) is 5.75 Å². The standard InChI is InChI=1S/C14H12ClNO4/c1-20-14(19)10-4-2-3-9(5-10)7-16-8-11(15)6-12(17)13(16)18/h2-6,8,17H,7H2,1H3. The molecule has 5 nitrogen and oxygen atoms in total. The Morgan fingerprint density at radius 1 is 1.40 bits per heavy atom. The summed E-state index contributed by atoms with van der Waals surface area (Å²) in [5.74, 6) is -0.866. The highest BCUT2D eigenvalue weighted by atomic mass is 35.5. The van der Waals surface area contributed by atoms with E-state index in [1.54, 1.807) is 24.3 Å². The summed E-state index contributed by atoms with van der Waals surface area (Å²) in [5, 5.41) is 9.70. The molecule has 104 valence electrons. The second kappa shape index (κ2) is 5.79. The molecule has 0 atom stereocenters. The Morgan fingerprint density at radius 2 is 2.15 bits per heavy atom. The van der Waals surface area contributed by atoms with E-state index in [9.17, 15) is 14.7 Å². The first-order valence-corrected chi connectivity index (χ1v) is 6.15. The lowest BCUT2D eigenvalue weighted by atomic mass is 10.1.